The molecular formula is C59H113NO3. The molecule has 3 N–H and O–H groups in total. The molecule has 0 radical (unpaired) electrons. The van der Waals surface area contributed by atoms with Crippen molar-refractivity contribution in [3.8, 4) is 0 Å². The predicted molar refractivity (Wildman–Crippen MR) is 281 cm³/mol. The Morgan fingerprint density at radius 1 is 0.365 bits per heavy atom. The number of unbranched alkanes of at least 4 members (excludes halogenated alkanes) is 42. The van der Waals surface area contributed by atoms with Gasteiger partial charge in [-0.15, -0.1) is 0 Å². The van der Waals surface area contributed by atoms with E-state index in [0.29, 0.717) is 6.42 Å². The van der Waals surface area contributed by atoms with Crippen molar-refractivity contribution < 1.29 is 15.0 Å². The van der Waals surface area contributed by atoms with Gasteiger partial charge in [0.2, 0.25) is 5.91 Å². The summed E-state index contributed by atoms with van der Waals surface area (Å²) in [7, 11) is 0. The largest absolute Gasteiger partial charge is 0.394 e. The summed E-state index contributed by atoms with van der Waals surface area (Å²) in [6.07, 6.45) is 74.7. The van der Waals surface area contributed by atoms with E-state index in [-0.39, 0.29) is 12.5 Å². The third kappa shape index (κ3) is 51.5. The minimum absolute atomic E-state index is 0.0685. The van der Waals surface area contributed by atoms with Crippen molar-refractivity contribution in [2.75, 3.05) is 6.61 Å². The number of hydrogen-bond donors (Lipinski definition) is 3. The van der Waals surface area contributed by atoms with Crippen molar-refractivity contribution >= 4 is 5.91 Å². The molecule has 4 heteroatoms. The highest BCUT2D eigenvalue weighted by atomic mass is 16.3. The number of amides is 1. The molecule has 4 nitrogen and oxygen atoms in total. The van der Waals surface area contributed by atoms with E-state index in [1.165, 1.54) is 263 Å². The third-order valence-corrected chi connectivity index (χ3v) is 13.3. The Hall–Kier alpha value is -1.39. The molecule has 2 unspecified atom stereocenters. The first-order valence-electron chi connectivity index (χ1n) is 28.7. The number of rotatable bonds is 53. The van der Waals surface area contributed by atoms with E-state index < -0.39 is 12.1 Å². The maximum atomic E-state index is 12.5. The Morgan fingerprint density at radius 3 is 0.921 bits per heavy atom. The second kappa shape index (κ2) is 54.9. The van der Waals surface area contributed by atoms with Gasteiger partial charge in [0.1, 0.15) is 0 Å². The summed E-state index contributed by atoms with van der Waals surface area (Å²) in [4.78, 5) is 12.5. The normalized spacial score (nSPS) is 13.0. The first kappa shape index (κ1) is 61.6. The zero-order chi connectivity index (χ0) is 45.6. The van der Waals surface area contributed by atoms with Crippen LogP contribution in [0.4, 0.5) is 0 Å². The molecule has 0 aromatic rings. The molecular weight excluding hydrogens is 771 g/mol. The van der Waals surface area contributed by atoms with Gasteiger partial charge in [-0.1, -0.05) is 288 Å². The molecule has 0 aromatic carbocycles. The molecule has 0 aliphatic carbocycles. The first-order valence-corrected chi connectivity index (χ1v) is 28.7. The Labute approximate surface area is 395 Å². The van der Waals surface area contributed by atoms with Gasteiger partial charge in [-0.05, 0) is 57.8 Å². The van der Waals surface area contributed by atoms with Crippen LogP contribution in [-0.4, -0.2) is 34.9 Å². The molecule has 0 bridgehead atoms. The highest BCUT2D eigenvalue weighted by molar-refractivity contribution is 5.76. The molecule has 63 heavy (non-hydrogen) atoms. The minimum Gasteiger partial charge on any atom is -0.394 e. The van der Waals surface area contributed by atoms with E-state index in [4.69, 9.17) is 0 Å². The van der Waals surface area contributed by atoms with E-state index >= 15 is 0 Å². The molecule has 0 heterocycles. The second-order valence-electron chi connectivity index (χ2n) is 19.7. The van der Waals surface area contributed by atoms with Crippen LogP contribution >= 0.6 is 0 Å². The van der Waals surface area contributed by atoms with Crippen LogP contribution in [0.2, 0.25) is 0 Å². The van der Waals surface area contributed by atoms with Crippen LogP contribution in [-0.2, 0) is 4.79 Å². The Morgan fingerprint density at radius 2 is 0.619 bits per heavy atom. The summed E-state index contributed by atoms with van der Waals surface area (Å²) in [6.45, 7) is 4.32. The zero-order valence-corrected chi connectivity index (χ0v) is 42.9. The highest BCUT2D eigenvalue weighted by Crippen LogP contribution is 2.17. The van der Waals surface area contributed by atoms with Gasteiger partial charge >= 0.3 is 0 Å². The number of allylic oxidation sites excluding steroid dienone is 5. The van der Waals surface area contributed by atoms with Gasteiger partial charge in [0, 0.05) is 6.42 Å². The molecule has 372 valence electrons. The summed E-state index contributed by atoms with van der Waals surface area (Å²) in [5.41, 5.74) is 0. The van der Waals surface area contributed by atoms with Crippen molar-refractivity contribution in [1.82, 2.24) is 5.32 Å². The average Bonchev–Trinajstić information content (AvgIpc) is 3.29. The van der Waals surface area contributed by atoms with Crippen molar-refractivity contribution in [2.45, 2.75) is 328 Å². The molecule has 0 saturated heterocycles. The van der Waals surface area contributed by atoms with Gasteiger partial charge in [-0.2, -0.15) is 0 Å². The fourth-order valence-electron chi connectivity index (χ4n) is 8.96. The summed E-state index contributed by atoms with van der Waals surface area (Å²) in [5, 5.41) is 23.1. The van der Waals surface area contributed by atoms with Gasteiger partial charge in [0.25, 0.3) is 0 Å². The lowest BCUT2D eigenvalue weighted by atomic mass is 10.0. The van der Waals surface area contributed by atoms with E-state index in [2.05, 4.69) is 43.5 Å². The molecule has 2 atom stereocenters. The number of nitrogens with one attached hydrogen (secondary N) is 1. The van der Waals surface area contributed by atoms with E-state index in [1.54, 1.807) is 6.08 Å². The number of aliphatic hydroxyl groups is 2. The van der Waals surface area contributed by atoms with Crippen LogP contribution in [0.25, 0.3) is 0 Å². The SMILES string of the molecule is CCCCCCCCCC/C=C\CCCCCCCCCCCCCCCCCCCCCCCCCC(=O)NC(CO)C(O)/C=C/CC/C=C/CCCCCCCCCCCC. The maximum absolute atomic E-state index is 12.5. The smallest absolute Gasteiger partial charge is 0.220 e. The van der Waals surface area contributed by atoms with Crippen LogP contribution in [0.5, 0.6) is 0 Å². The third-order valence-electron chi connectivity index (χ3n) is 13.3. The van der Waals surface area contributed by atoms with Gasteiger partial charge in [-0.25, -0.2) is 0 Å². The van der Waals surface area contributed by atoms with E-state index in [9.17, 15) is 15.0 Å². The fourth-order valence-corrected chi connectivity index (χ4v) is 8.96. The zero-order valence-electron chi connectivity index (χ0n) is 42.9. The summed E-state index contributed by atoms with van der Waals surface area (Å²) in [6, 6.07) is -0.637. The van der Waals surface area contributed by atoms with Gasteiger partial charge in [-0.3, -0.25) is 4.79 Å². The molecule has 0 rings (SSSR count). The summed E-state index contributed by atoms with van der Waals surface area (Å²) in [5.74, 6) is -0.0685. The topological polar surface area (TPSA) is 69.6 Å². The minimum atomic E-state index is -0.860. The molecule has 0 aliphatic rings. The lowest BCUT2D eigenvalue weighted by Crippen LogP contribution is -2.45. The molecule has 0 saturated carbocycles. The van der Waals surface area contributed by atoms with Crippen LogP contribution in [0, 0.1) is 0 Å². The van der Waals surface area contributed by atoms with Crippen LogP contribution in [0.3, 0.4) is 0 Å². The number of carbonyl (C=O) groups is 1. The average molecular weight is 885 g/mol. The lowest BCUT2D eigenvalue weighted by molar-refractivity contribution is -0.123. The van der Waals surface area contributed by atoms with Crippen LogP contribution in [0.15, 0.2) is 36.5 Å². The number of hydrogen-bond acceptors (Lipinski definition) is 3. The summed E-state index contributed by atoms with van der Waals surface area (Å²) < 4.78 is 0. The molecule has 0 aliphatic heterocycles. The Bertz CT molecular complexity index is 958. The molecule has 0 fully saturated rings. The van der Waals surface area contributed by atoms with Crippen molar-refractivity contribution in [1.29, 1.82) is 0 Å². The van der Waals surface area contributed by atoms with E-state index in [1.807, 2.05) is 6.08 Å². The molecule has 0 aromatic heterocycles. The monoisotopic (exact) mass is 884 g/mol. The van der Waals surface area contributed by atoms with Crippen molar-refractivity contribution in [3.63, 3.8) is 0 Å². The Balaban J connectivity index is 3.42. The summed E-state index contributed by atoms with van der Waals surface area (Å²) >= 11 is 0. The quantitative estimate of drug-likeness (QED) is 0.0421. The number of aliphatic hydroxyl groups excluding tert-OH is 2. The lowest BCUT2D eigenvalue weighted by Gasteiger charge is -2.19. The number of carbonyl (C=O) groups excluding carboxylic acids is 1. The molecule has 0 spiro atoms. The Kier molecular flexibility index (Phi) is 53.7. The van der Waals surface area contributed by atoms with Gasteiger partial charge in [0.15, 0.2) is 0 Å². The van der Waals surface area contributed by atoms with Crippen molar-refractivity contribution in [2.24, 2.45) is 0 Å². The highest BCUT2D eigenvalue weighted by Gasteiger charge is 2.18. The van der Waals surface area contributed by atoms with Crippen molar-refractivity contribution in [3.05, 3.63) is 36.5 Å². The molecule has 1 amide bonds. The standard InChI is InChI=1S/C59H113NO3/c1-3-5-7-9-11-13-15-17-19-21-22-23-24-25-26-27-28-29-30-31-32-33-34-35-36-37-38-39-41-43-45-47-49-51-53-55-59(63)60-57(56-61)58(62)54-52-50-48-46-44-42-40-20-18-16-14-12-10-8-6-4-2/h21-22,44,46,52,54,57-58,61-62H,3-20,23-43,45,47-51,53,55-56H2,1-2H3,(H,60,63)/b22-21-,46-44+,54-52+. The van der Waals surface area contributed by atoms with Crippen LogP contribution in [0.1, 0.15) is 316 Å². The fraction of sp³-hybridized carbons (Fsp3) is 0.881. The van der Waals surface area contributed by atoms with Gasteiger partial charge < -0.3 is 15.5 Å². The maximum Gasteiger partial charge on any atom is 0.220 e. The first-order chi connectivity index (χ1) is 31.2. The van der Waals surface area contributed by atoms with Gasteiger partial charge in [0.05, 0.1) is 18.8 Å². The van der Waals surface area contributed by atoms with Crippen LogP contribution < -0.4 is 5.32 Å². The van der Waals surface area contributed by atoms with E-state index in [0.717, 1.165) is 32.1 Å². The second-order valence-corrected chi connectivity index (χ2v) is 19.7. The predicted octanol–water partition coefficient (Wildman–Crippen LogP) is 18.9.